The predicted molar refractivity (Wildman–Crippen MR) is 77.3 cm³/mol. The highest BCUT2D eigenvalue weighted by molar-refractivity contribution is 5.85. The number of methoxy groups -OCH3 is 1. The van der Waals surface area contributed by atoms with Crippen molar-refractivity contribution in [2.75, 3.05) is 20.2 Å². The Labute approximate surface area is 116 Å². The van der Waals surface area contributed by atoms with Crippen molar-refractivity contribution < 1.29 is 4.74 Å². The number of hydrogen-bond donors (Lipinski definition) is 1. The zero-order valence-corrected chi connectivity index (χ0v) is 12.0. The van der Waals surface area contributed by atoms with E-state index < -0.39 is 0 Å². The maximum absolute atomic E-state index is 5.75. The van der Waals surface area contributed by atoms with Gasteiger partial charge in [-0.1, -0.05) is 12.1 Å². The maximum Gasteiger partial charge on any atom is 0.119 e. The molecule has 1 aliphatic heterocycles. The van der Waals surface area contributed by atoms with E-state index in [0.717, 1.165) is 25.4 Å². The van der Waals surface area contributed by atoms with Crippen LogP contribution in [0.25, 0.3) is 0 Å². The van der Waals surface area contributed by atoms with Crippen LogP contribution in [0.1, 0.15) is 18.9 Å². The Bertz CT molecular complexity index is 373. The predicted octanol–water partition coefficient (Wildman–Crippen LogP) is 2.29. The van der Waals surface area contributed by atoms with Crippen LogP contribution in [0.3, 0.4) is 0 Å². The molecule has 4 heteroatoms. The van der Waals surface area contributed by atoms with E-state index in [1.165, 1.54) is 12.0 Å². The van der Waals surface area contributed by atoms with Gasteiger partial charge in [-0.3, -0.25) is 4.90 Å². The van der Waals surface area contributed by atoms with E-state index in [0.29, 0.717) is 12.0 Å². The summed E-state index contributed by atoms with van der Waals surface area (Å²) in [6, 6.07) is 8.94. The van der Waals surface area contributed by atoms with Crippen molar-refractivity contribution in [3.05, 3.63) is 29.8 Å². The summed E-state index contributed by atoms with van der Waals surface area (Å²) < 4.78 is 5.25. The van der Waals surface area contributed by atoms with E-state index in [1.54, 1.807) is 7.11 Å². The lowest BCUT2D eigenvalue weighted by atomic mass is 10.1. The zero-order chi connectivity index (χ0) is 12.3. The first-order valence-corrected chi connectivity index (χ1v) is 6.30. The monoisotopic (exact) mass is 270 g/mol. The second-order valence-corrected chi connectivity index (χ2v) is 4.97. The highest BCUT2D eigenvalue weighted by Gasteiger charge is 2.27. The highest BCUT2D eigenvalue weighted by Crippen LogP contribution is 2.24. The molecule has 0 radical (unpaired) electrons. The van der Waals surface area contributed by atoms with Crippen molar-refractivity contribution in [3.63, 3.8) is 0 Å². The zero-order valence-electron chi connectivity index (χ0n) is 11.1. The van der Waals surface area contributed by atoms with Gasteiger partial charge in [0.2, 0.25) is 0 Å². The van der Waals surface area contributed by atoms with Gasteiger partial charge in [-0.15, -0.1) is 12.4 Å². The Hall–Kier alpha value is -0.770. The van der Waals surface area contributed by atoms with Gasteiger partial charge >= 0.3 is 0 Å². The average Bonchev–Trinajstić information content (AvgIpc) is 2.70. The van der Waals surface area contributed by atoms with Crippen LogP contribution < -0.4 is 10.5 Å². The molecule has 2 unspecified atom stereocenters. The fourth-order valence-electron chi connectivity index (χ4n) is 2.61. The number of likely N-dealkylation sites (tertiary alicyclic amines) is 1. The molecule has 1 aliphatic rings. The Kier molecular flexibility index (Phi) is 5.93. The fourth-order valence-corrected chi connectivity index (χ4v) is 2.61. The molecule has 2 rings (SSSR count). The summed E-state index contributed by atoms with van der Waals surface area (Å²) >= 11 is 0. The Morgan fingerprint density at radius 2 is 2.22 bits per heavy atom. The molecule has 1 heterocycles. The molecule has 2 N–H and O–H groups in total. The number of hydrogen-bond acceptors (Lipinski definition) is 3. The molecule has 1 aromatic carbocycles. The lowest BCUT2D eigenvalue weighted by Gasteiger charge is -2.21. The average molecular weight is 271 g/mol. The van der Waals surface area contributed by atoms with Gasteiger partial charge in [-0.2, -0.15) is 0 Å². The summed E-state index contributed by atoms with van der Waals surface area (Å²) in [5.41, 5.74) is 7.06. The largest absolute Gasteiger partial charge is 0.497 e. The first kappa shape index (κ1) is 15.3. The van der Waals surface area contributed by atoms with Crippen molar-refractivity contribution >= 4 is 12.4 Å². The summed E-state index contributed by atoms with van der Waals surface area (Å²) in [6.07, 6.45) is 1.22. The molecule has 0 spiro atoms. The molecule has 0 amide bonds. The molecule has 18 heavy (non-hydrogen) atoms. The number of nitrogens with two attached hydrogens (primary N) is 1. The van der Waals surface area contributed by atoms with E-state index >= 15 is 0 Å². The second kappa shape index (κ2) is 6.98. The van der Waals surface area contributed by atoms with Crippen molar-refractivity contribution in [3.8, 4) is 5.75 Å². The number of nitrogens with zero attached hydrogens (tertiary/aromatic N) is 1. The van der Waals surface area contributed by atoms with Gasteiger partial charge in [-0.05, 0) is 43.5 Å². The smallest absolute Gasteiger partial charge is 0.119 e. The molecule has 1 fully saturated rings. The van der Waals surface area contributed by atoms with Gasteiger partial charge in [0.15, 0.2) is 0 Å². The second-order valence-electron chi connectivity index (χ2n) is 4.97. The van der Waals surface area contributed by atoms with Crippen LogP contribution in [0.15, 0.2) is 24.3 Å². The lowest BCUT2D eigenvalue weighted by Crippen LogP contribution is -2.27. The van der Waals surface area contributed by atoms with Gasteiger partial charge in [0.1, 0.15) is 5.75 Å². The SMILES string of the molecule is COc1cccc(CN2CC(CN)CC2C)c1.Cl. The number of benzene rings is 1. The minimum Gasteiger partial charge on any atom is -0.497 e. The standard InChI is InChI=1S/C14H22N2O.ClH/c1-11-6-13(8-15)10-16(11)9-12-4-3-5-14(7-12)17-2;/h3-5,7,11,13H,6,8-10,15H2,1-2H3;1H. The molecule has 1 saturated heterocycles. The Morgan fingerprint density at radius 3 is 2.83 bits per heavy atom. The third-order valence-electron chi connectivity index (χ3n) is 3.64. The van der Waals surface area contributed by atoms with Gasteiger partial charge in [0.05, 0.1) is 7.11 Å². The topological polar surface area (TPSA) is 38.5 Å². The molecular weight excluding hydrogens is 248 g/mol. The Balaban J connectivity index is 0.00000162. The summed E-state index contributed by atoms with van der Waals surface area (Å²) in [5.74, 6) is 1.60. The van der Waals surface area contributed by atoms with E-state index in [2.05, 4.69) is 30.0 Å². The highest BCUT2D eigenvalue weighted by atomic mass is 35.5. The molecule has 0 bridgehead atoms. The minimum absolute atomic E-state index is 0. The van der Waals surface area contributed by atoms with Gasteiger partial charge in [-0.25, -0.2) is 0 Å². The molecule has 2 atom stereocenters. The summed E-state index contributed by atoms with van der Waals surface area (Å²) in [7, 11) is 1.71. The van der Waals surface area contributed by atoms with Crippen LogP contribution in [0.2, 0.25) is 0 Å². The summed E-state index contributed by atoms with van der Waals surface area (Å²) in [4.78, 5) is 2.51. The summed E-state index contributed by atoms with van der Waals surface area (Å²) in [6.45, 7) is 5.21. The molecular formula is C14H23ClN2O. The Morgan fingerprint density at radius 1 is 1.44 bits per heavy atom. The first-order chi connectivity index (χ1) is 8.22. The van der Waals surface area contributed by atoms with Crippen LogP contribution in [0.4, 0.5) is 0 Å². The molecule has 0 aromatic heterocycles. The first-order valence-electron chi connectivity index (χ1n) is 6.30. The summed E-state index contributed by atoms with van der Waals surface area (Å²) in [5, 5.41) is 0. The van der Waals surface area contributed by atoms with E-state index in [9.17, 15) is 0 Å². The van der Waals surface area contributed by atoms with E-state index in [1.807, 2.05) is 6.07 Å². The van der Waals surface area contributed by atoms with Gasteiger partial charge in [0.25, 0.3) is 0 Å². The van der Waals surface area contributed by atoms with E-state index in [4.69, 9.17) is 10.5 Å². The third kappa shape index (κ3) is 3.61. The van der Waals surface area contributed by atoms with Crippen LogP contribution in [-0.4, -0.2) is 31.1 Å². The van der Waals surface area contributed by atoms with Crippen LogP contribution in [-0.2, 0) is 6.54 Å². The quantitative estimate of drug-likeness (QED) is 0.912. The number of halogens is 1. The van der Waals surface area contributed by atoms with Crippen molar-refractivity contribution in [2.24, 2.45) is 11.7 Å². The van der Waals surface area contributed by atoms with Crippen LogP contribution >= 0.6 is 12.4 Å². The maximum atomic E-state index is 5.75. The lowest BCUT2D eigenvalue weighted by molar-refractivity contribution is 0.255. The fraction of sp³-hybridized carbons (Fsp3) is 0.571. The van der Waals surface area contributed by atoms with Crippen molar-refractivity contribution in [2.45, 2.75) is 25.9 Å². The normalized spacial score (nSPS) is 23.7. The molecule has 102 valence electrons. The molecule has 0 saturated carbocycles. The molecule has 1 aromatic rings. The van der Waals surface area contributed by atoms with Crippen LogP contribution in [0.5, 0.6) is 5.75 Å². The van der Waals surface area contributed by atoms with Crippen molar-refractivity contribution in [1.29, 1.82) is 0 Å². The van der Waals surface area contributed by atoms with E-state index in [-0.39, 0.29) is 12.4 Å². The molecule has 0 aliphatic carbocycles. The third-order valence-corrected chi connectivity index (χ3v) is 3.64. The van der Waals surface area contributed by atoms with Gasteiger partial charge in [0, 0.05) is 19.1 Å². The molecule has 3 nitrogen and oxygen atoms in total. The van der Waals surface area contributed by atoms with Crippen molar-refractivity contribution in [1.82, 2.24) is 4.90 Å². The van der Waals surface area contributed by atoms with Gasteiger partial charge < -0.3 is 10.5 Å². The van der Waals surface area contributed by atoms with Crippen LogP contribution in [0, 0.1) is 5.92 Å². The minimum atomic E-state index is 0. The number of ether oxygens (including phenoxy) is 1. The number of rotatable bonds is 4.